The van der Waals surface area contributed by atoms with Crippen LogP contribution in [0.1, 0.15) is 16.7 Å². The standard InChI is InChI=1S/C9H11BO4/c11-3-6-1-7(4-12)9-8(2-6)5-14-10(9)13/h1-2,11-13H,3-5H2. The minimum Gasteiger partial charge on any atom is -0.423 e. The average Bonchev–Trinajstić information content (AvgIpc) is 2.59. The molecule has 0 saturated carbocycles. The minimum absolute atomic E-state index is 0.0730. The molecule has 0 amide bonds. The number of benzene rings is 1. The van der Waals surface area contributed by atoms with Crippen molar-refractivity contribution >= 4 is 12.6 Å². The summed E-state index contributed by atoms with van der Waals surface area (Å²) in [5.41, 5.74) is 2.83. The van der Waals surface area contributed by atoms with Crippen molar-refractivity contribution < 1.29 is 19.9 Å². The minimum atomic E-state index is -0.945. The van der Waals surface area contributed by atoms with Crippen LogP contribution in [0.3, 0.4) is 0 Å². The Hall–Kier alpha value is -0.875. The van der Waals surface area contributed by atoms with Crippen molar-refractivity contribution in [3.8, 4) is 0 Å². The Morgan fingerprint density at radius 3 is 2.71 bits per heavy atom. The van der Waals surface area contributed by atoms with Gasteiger partial charge < -0.3 is 19.9 Å². The average molecular weight is 194 g/mol. The molecule has 0 fully saturated rings. The molecule has 0 atom stereocenters. The molecule has 4 nitrogen and oxygen atoms in total. The third kappa shape index (κ3) is 1.44. The summed E-state index contributed by atoms with van der Waals surface area (Å²) < 4.78 is 5.03. The second-order valence-electron chi connectivity index (χ2n) is 3.31. The van der Waals surface area contributed by atoms with Crippen molar-refractivity contribution in [3.63, 3.8) is 0 Å². The van der Waals surface area contributed by atoms with Crippen LogP contribution >= 0.6 is 0 Å². The molecule has 5 heteroatoms. The van der Waals surface area contributed by atoms with Crippen LogP contribution in [-0.4, -0.2) is 22.4 Å². The number of hydrogen-bond donors (Lipinski definition) is 3. The van der Waals surface area contributed by atoms with E-state index in [0.29, 0.717) is 17.6 Å². The molecule has 2 rings (SSSR count). The highest BCUT2D eigenvalue weighted by molar-refractivity contribution is 6.62. The Morgan fingerprint density at radius 2 is 2.07 bits per heavy atom. The maximum absolute atomic E-state index is 9.46. The van der Waals surface area contributed by atoms with Gasteiger partial charge in [0.2, 0.25) is 0 Å². The molecule has 0 spiro atoms. The number of aliphatic hydroxyl groups is 2. The summed E-state index contributed by atoms with van der Waals surface area (Å²) in [6.07, 6.45) is 0. The van der Waals surface area contributed by atoms with Crippen molar-refractivity contribution in [2.75, 3.05) is 0 Å². The monoisotopic (exact) mass is 194 g/mol. The van der Waals surface area contributed by atoms with E-state index in [1.165, 1.54) is 0 Å². The van der Waals surface area contributed by atoms with Gasteiger partial charge in [-0.05, 0) is 22.2 Å². The molecular formula is C9H11BO4. The summed E-state index contributed by atoms with van der Waals surface area (Å²) in [4.78, 5) is 0. The maximum atomic E-state index is 9.46. The van der Waals surface area contributed by atoms with Gasteiger partial charge in [0.15, 0.2) is 0 Å². The van der Waals surface area contributed by atoms with Crippen molar-refractivity contribution in [1.82, 2.24) is 0 Å². The van der Waals surface area contributed by atoms with Crippen LogP contribution in [0.4, 0.5) is 0 Å². The van der Waals surface area contributed by atoms with Crippen LogP contribution in [-0.2, 0) is 24.5 Å². The number of rotatable bonds is 2. The fourth-order valence-electron chi connectivity index (χ4n) is 1.76. The Bertz CT molecular complexity index is 353. The SMILES string of the molecule is OCc1cc(CO)c2c(c1)COB2O. The zero-order chi connectivity index (χ0) is 10.1. The Balaban J connectivity index is 2.52. The molecule has 1 aromatic carbocycles. The quantitative estimate of drug-likeness (QED) is 0.522. The first-order valence-electron chi connectivity index (χ1n) is 4.42. The van der Waals surface area contributed by atoms with Gasteiger partial charge in [-0.2, -0.15) is 0 Å². The number of hydrogen-bond acceptors (Lipinski definition) is 4. The molecule has 0 unspecified atom stereocenters. The lowest BCUT2D eigenvalue weighted by Gasteiger charge is -2.07. The van der Waals surface area contributed by atoms with Crippen LogP contribution in [0.15, 0.2) is 12.1 Å². The summed E-state index contributed by atoms with van der Waals surface area (Å²) in [6.45, 7) is 0.101. The van der Waals surface area contributed by atoms with E-state index in [2.05, 4.69) is 0 Å². The first-order chi connectivity index (χ1) is 6.76. The molecule has 0 saturated heterocycles. The molecule has 0 aliphatic carbocycles. The van der Waals surface area contributed by atoms with Crippen LogP contribution < -0.4 is 5.46 Å². The van der Waals surface area contributed by atoms with E-state index in [1.54, 1.807) is 12.1 Å². The Kier molecular flexibility index (Phi) is 2.56. The molecule has 0 radical (unpaired) electrons. The first kappa shape index (κ1) is 9.67. The van der Waals surface area contributed by atoms with Crippen LogP contribution in [0.5, 0.6) is 0 Å². The largest absolute Gasteiger partial charge is 0.492 e. The first-order valence-corrected chi connectivity index (χ1v) is 4.42. The normalized spacial score (nSPS) is 14.6. The predicted molar refractivity (Wildman–Crippen MR) is 50.7 cm³/mol. The van der Waals surface area contributed by atoms with Crippen molar-refractivity contribution in [1.29, 1.82) is 0 Å². The highest BCUT2D eigenvalue weighted by Crippen LogP contribution is 2.16. The van der Waals surface area contributed by atoms with Gasteiger partial charge in [0, 0.05) is 0 Å². The molecule has 1 aliphatic heterocycles. The topological polar surface area (TPSA) is 69.9 Å². The zero-order valence-electron chi connectivity index (χ0n) is 7.60. The van der Waals surface area contributed by atoms with Crippen LogP contribution in [0, 0.1) is 0 Å². The van der Waals surface area contributed by atoms with E-state index in [0.717, 1.165) is 11.1 Å². The van der Waals surface area contributed by atoms with E-state index in [-0.39, 0.29) is 13.2 Å². The molecule has 1 heterocycles. The number of fused-ring (bicyclic) bond motifs is 1. The van der Waals surface area contributed by atoms with Crippen molar-refractivity contribution in [2.45, 2.75) is 19.8 Å². The summed E-state index contributed by atoms with van der Waals surface area (Å²) >= 11 is 0. The summed E-state index contributed by atoms with van der Waals surface area (Å²) in [5, 5.41) is 27.5. The fourth-order valence-corrected chi connectivity index (χ4v) is 1.76. The highest BCUT2D eigenvalue weighted by Gasteiger charge is 2.30. The Morgan fingerprint density at radius 1 is 1.29 bits per heavy atom. The van der Waals surface area contributed by atoms with Crippen molar-refractivity contribution in [2.24, 2.45) is 0 Å². The lowest BCUT2D eigenvalue weighted by atomic mass is 9.76. The van der Waals surface area contributed by atoms with Gasteiger partial charge >= 0.3 is 7.12 Å². The van der Waals surface area contributed by atoms with Gasteiger partial charge in [-0.25, -0.2) is 0 Å². The third-order valence-electron chi connectivity index (χ3n) is 2.41. The number of aliphatic hydroxyl groups excluding tert-OH is 2. The maximum Gasteiger partial charge on any atom is 0.492 e. The van der Waals surface area contributed by atoms with Gasteiger partial charge in [0.25, 0.3) is 0 Å². The molecule has 1 aromatic rings. The van der Waals surface area contributed by atoms with Gasteiger partial charge in [0.1, 0.15) is 0 Å². The zero-order valence-corrected chi connectivity index (χ0v) is 7.60. The lowest BCUT2D eigenvalue weighted by Crippen LogP contribution is -2.31. The van der Waals surface area contributed by atoms with E-state index < -0.39 is 7.12 Å². The summed E-state index contributed by atoms with van der Waals surface area (Å²) in [7, 11) is -0.945. The fraction of sp³-hybridized carbons (Fsp3) is 0.333. The lowest BCUT2D eigenvalue weighted by molar-refractivity contribution is 0.273. The molecule has 1 aliphatic rings. The summed E-state index contributed by atoms with van der Waals surface area (Å²) in [5.74, 6) is 0. The molecular weight excluding hydrogens is 183 g/mol. The summed E-state index contributed by atoms with van der Waals surface area (Å²) in [6, 6.07) is 3.46. The van der Waals surface area contributed by atoms with Gasteiger partial charge in [0.05, 0.1) is 19.8 Å². The molecule has 0 bridgehead atoms. The van der Waals surface area contributed by atoms with E-state index >= 15 is 0 Å². The van der Waals surface area contributed by atoms with Crippen LogP contribution in [0.2, 0.25) is 0 Å². The van der Waals surface area contributed by atoms with Gasteiger partial charge in [-0.15, -0.1) is 0 Å². The van der Waals surface area contributed by atoms with Crippen molar-refractivity contribution in [3.05, 3.63) is 28.8 Å². The molecule has 74 valence electrons. The molecule has 3 N–H and O–H groups in total. The smallest absolute Gasteiger partial charge is 0.423 e. The van der Waals surface area contributed by atoms with E-state index in [9.17, 15) is 5.02 Å². The molecule has 0 aromatic heterocycles. The van der Waals surface area contributed by atoms with Gasteiger partial charge in [-0.1, -0.05) is 12.1 Å². The highest BCUT2D eigenvalue weighted by atomic mass is 16.5. The predicted octanol–water partition coefficient (Wildman–Crippen LogP) is -1.11. The Labute approximate surface area is 81.9 Å². The van der Waals surface area contributed by atoms with Gasteiger partial charge in [-0.3, -0.25) is 0 Å². The molecule has 14 heavy (non-hydrogen) atoms. The third-order valence-corrected chi connectivity index (χ3v) is 2.41. The second-order valence-corrected chi connectivity index (χ2v) is 3.31. The van der Waals surface area contributed by atoms with E-state index in [4.69, 9.17) is 14.9 Å². The van der Waals surface area contributed by atoms with Crippen LogP contribution in [0.25, 0.3) is 0 Å². The van der Waals surface area contributed by atoms with E-state index in [1.807, 2.05) is 0 Å². The second kappa shape index (κ2) is 3.71.